The molecule has 0 spiro atoms. The van der Waals surface area contributed by atoms with Crippen molar-refractivity contribution in [2.45, 2.75) is 53.4 Å². The lowest BCUT2D eigenvalue weighted by Crippen LogP contribution is -2.26. The molecule has 0 heteroatoms. The number of hydrogen-bond donors (Lipinski definition) is 0. The van der Waals surface area contributed by atoms with Crippen LogP contribution in [-0.4, -0.2) is 0 Å². The number of rotatable bonds is 0. The van der Waals surface area contributed by atoms with Crippen LogP contribution < -0.4 is 0 Å². The third kappa shape index (κ3) is 0.841. The number of allylic oxidation sites excluding steroid dienone is 2. The van der Waals surface area contributed by atoms with Gasteiger partial charge in [0, 0.05) is 0 Å². The molecule has 2 unspecified atom stereocenters. The standard InChI is InChI=1S/C12H20/c1-9-10(2)12(4)7-5-6-11(9,3)8-12/h5-8H2,1-4H3. The van der Waals surface area contributed by atoms with Gasteiger partial charge in [0.1, 0.15) is 0 Å². The molecule has 0 aromatic rings. The Labute approximate surface area is 76.1 Å². The topological polar surface area (TPSA) is 0 Å². The van der Waals surface area contributed by atoms with Crippen molar-refractivity contribution in [3.8, 4) is 0 Å². The van der Waals surface area contributed by atoms with Gasteiger partial charge < -0.3 is 0 Å². The largest absolute Gasteiger partial charge is 0.0679 e. The Hall–Kier alpha value is -0.260. The molecule has 2 aliphatic carbocycles. The third-order valence-corrected chi connectivity index (χ3v) is 4.61. The van der Waals surface area contributed by atoms with Crippen LogP contribution in [0.25, 0.3) is 0 Å². The van der Waals surface area contributed by atoms with Crippen molar-refractivity contribution in [3.05, 3.63) is 11.1 Å². The smallest absolute Gasteiger partial charge is 0.0108 e. The normalized spacial score (nSPS) is 47.0. The highest BCUT2D eigenvalue weighted by atomic mass is 14.5. The maximum absolute atomic E-state index is 2.45. The average Bonchev–Trinajstić information content (AvgIpc) is 2.10. The molecule has 0 saturated heterocycles. The molecule has 2 aliphatic rings. The van der Waals surface area contributed by atoms with Gasteiger partial charge in [-0.05, 0) is 43.9 Å². The molecule has 2 atom stereocenters. The lowest BCUT2D eigenvalue weighted by Gasteiger charge is -2.37. The third-order valence-electron chi connectivity index (χ3n) is 4.61. The van der Waals surface area contributed by atoms with Crippen molar-refractivity contribution in [1.29, 1.82) is 0 Å². The van der Waals surface area contributed by atoms with E-state index < -0.39 is 0 Å². The molecule has 0 nitrogen and oxygen atoms in total. The van der Waals surface area contributed by atoms with Crippen molar-refractivity contribution < 1.29 is 0 Å². The molecule has 0 heterocycles. The van der Waals surface area contributed by atoms with E-state index in [0.717, 1.165) is 0 Å². The van der Waals surface area contributed by atoms with E-state index in [1.165, 1.54) is 25.7 Å². The van der Waals surface area contributed by atoms with Crippen molar-refractivity contribution in [2.24, 2.45) is 10.8 Å². The second-order valence-electron chi connectivity index (χ2n) is 5.40. The van der Waals surface area contributed by atoms with Gasteiger partial charge in [-0.1, -0.05) is 31.4 Å². The summed E-state index contributed by atoms with van der Waals surface area (Å²) >= 11 is 0. The second-order valence-corrected chi connectivity index (χ2v) is 5.40. The first-order valence-corrected chi connectivity index (χ1v) is 5.16. The minimum atomic E-state index is 0.567. The fourth-order valence-corrected chi connectivity index (χ4v) is 3.45. The number of fused-ring (bicyclic) bond motifs is 2. The molecule has 0 aliphatic heterocycles. The fraction of sp³-hybridized carbons (Fsp3) is 0.833. The first-order chi connectivity index (χ1) is 5.48. The van der Waals surface area contributed by atoms with Crippen LogP contribution in [-0.2, 0) is 0 Å². The van der Waals surface area contributed by atoms with Gasteiger partial charge >= 0.3 is 0 Å². The van der Waals surface area contributed by atoms with E-state index >= 15 is 0 Å². The van der Waals surface area contributed by atoms with E-state index in [1.54, 1.807) is 11.1 Å². The molecule has 0 amide bonds. The van der Waals surface area contributed by atoms with Crippen LogP contribution in [0.1, 0.15) is 53.4 Å². The molecular formula is C12H20. The predicted octanol–water partition coefficient (Wildman–Crippen LogP) is 3.92. The van der Waals surface area contributed by atoms with E-state index in [0.29, 0.717) is 10.8 Å². The zero-order chi connectivity index (χ0) is 8.98. The van der Waals surface area contributed by atoms with E-state index in [4.69, 9.17) is 0 Å². The van der Waals surface area contributed by atoms with Crippen LogP contribution in [0, 0.1) is 10.8 Å². The van der Waals surface area contributed by atoms with Gasteiger partial charge in [0.25, 0.3) is 0 Å². The zero-order valence-corrected chi connectivity index (χ0v) is 8.83. The summed E-state index contributed by atoms with van der Waals surface area (Å²) in [4.78, 5) is 0. The van der Waals surface area contributed by atoms with Gasteiger partial charge in [-0.25, -0.2) is 0 Å². The Morgan fingerprint density at radius 3 is 1.67 bits per heavy atom. The maximum Gasteiger partial charge on any atom is -0.0108 e. The molecule has 12 heavy (non-hydrogen) atoms. The first-order valence-electron chi connectivity index (χ1n) is 5.16. The Balaban J connectivity index is 2.48. The van der Waals surface area contributed by atoms with Crippen LogP contribution in [0.5, 0.6) is 0 Å². The molecule has 2 rings (SSSR count). The second kappa shape index (κ2) is 2.16. The Bertz CT molecular complexity index is 225. The van der Waals surface area contributed by atoms with Gasteiger partial charge in [-0.3, -0.25) is 0 Å². The van der Waals surface area contributed by atoms with Crippen LogP contribution in [0.15, 0.2) is 11.1 Å². The van der Waals surface area contributed by atoms with Gasteiger partial charge in [0.05, 0.1) is 0 Å². The van der Waals surface area contributed by atoms with Gasteiger partial charge in [-0.2, -0.15) is 0 Å². The Morgan fingerprint density at radius 1 is 0.917 bits per heavy atom. The van der Waals surface area contributed by atoms with Crippen LogP contribution >= 0.6 is 0 Å². The highest BCUT2D eigenvalue weighted by Gasteiger charge is 2.47. The summed E-state index contributed by atoms with van der Waals surface area (Å²) in [6.07, 6.45) is 5.69. The summed E-state index contributed by atoms with van der Waals surface area (Å²) in [6.45, 7) is 9.62. The van der Waals surface area contributed by atoms with Gasteiger partial charge in [0.2, 0.25) is 0 Å². The molecule has 1 fully saturated rings. The lowest BCUT2D eigenvalue weighted by atomic mass is 9.67. The highest BCUT2D eigenvalue weighted by molar-refractivity contribution is 5.32. The predicted molar refractivity (Wildman–Crippen MR) is 53.1 cm³/mol. The van der Waals surface area contributed by atoms with E-state index in [-0.39, 0.29) is 0 Å². The Kier molecular flexibility index (Phi) is 1.50. The summed E-state index contributed by atoms with van der Waals surface area (Å²) in [5, 5.41) is 0. The van der Waals surface area contributed by atoms with Crippen molar-refractivity contribution >= 4 is 0 Å². The van der Waals surface area contributed by atoms with Crippen molar-refractivity contribution in [1.82, 2.24) is 0 Å². The molecule has 1 saturated carbocycles. The van der Waals surface area contributed by atoms with E-state index in [1.807, 2.05) is 0 Å². The molecule has 0 aromatic carbocycles. The summed E-state index contributed by atoms with van der Waals surface area (Å²) in [7, 11) is 0. The molecule has 68 valence electrons. The van der Waals surface area contributed by atoms with Crippen molar-refractivity contribution in [2.75, 3.05) is 0 Å². The maximum atomic E-state index is 2.45. The number of hydrogen-bond acceptors (Lipinski definition) is 0. The summed E-state index contributed by atoms with van der Waals surface area (Å²) < 4.78 is 0. The monoisotopic (exact) mass is 164 g/mol. The molecular weight excluding hydrogens is 144 g/mol. The molecule has 0 aromatic heterocycles. The molecule has 0 N–H and O–H groups in total. The average molecular weight is 164 g/mol. The quantitative estimate of drug-likeness (QED) is 0.476. The van der Waals surface area contributed by atoms with Crippen LogP contribution in [0.2, 0.25) is 0 Å². The first kappa shape index (κ1) is 8.34. The van der Waals surface area contributed by atoms with Crippen molar-refractivity contribution in [3.63, 3.8) is 0 Å². The van der Waals surface area contributed by atoms with Gasteiger partial charge in [0.15, 0.2) is 0 Å². The summed E-state index contributed by atoms with van der Waals surface area (Å²) in [5.74, 6) is 0. The zero-order valence-electron chi connectivity index (χ0n) is 8.83. The van der Waals surface area contributed by atoms with Crippen LogP contribution in [0.3, 0.4) is 0 Å². The lowest BCUT2D eigenvalue weighted by molar-refractivity contribution is 0.182. The minimum Gasteiger partial charge on any atom is -0.0679 e. The Morgan fingerprint density at radius 2 is 1.33 bits per heavy atom. The highest BCUT2D eigenvalue weighted by Crippen LogP contribution is 2.60. The minimum absolute atomic E-state index is 0.567. The van der Waals surface area contributed by atoms with E-state index in [2.05, 4.69) is 27.7 Å². The van der Waals surface area contributed by atoms with Crippen LogP contribution in [0.4, 0.5) is 0 Å². The fourth-order valence-electron chi connectivity index (χ4n) is 3.45. The summed E-state index contributed by atoms with van der Waals surface area (Å²) in [6, 6.07) is 0. The SMILES string of the molecule is CC1=C(C)C2(C)CCCC1(C)C2. The summed E-state index contributed by atoms with van der Waals surface area (Å²) in [5.41, 5.74) is 4.53. The van der Waals surface area contributed by atoms with Gasteiger partial charge in [-0.15, -0.1) is 0 Å². The molecule has 0 radical (unpaired) electrons. The van der Waals surface area contributed by atoms with E-state index in [9.17, 15) is 0 Å². The molecule has 2 bridgehead atoms.